The lowest BCUT2D eigenvalue weighted by atomic mass is 10.0. The van der Waals surface area contributed by atoms with Gasteiger partial charge in [-0.15, -0.1) is 0 Å². The topological polar surface area (TPSA) is 69.8 Å². The van der Waals surface area contributed by atoms with Crippen molar-refractivity contribution >= 4 is 39.1 Å². The Morgan fingerprint density at radius 1 is 1.04 bits per heavy atom. The summed E-state index contributed by atoms with van der Waals surface area (Å²) in [6, 6.07) is 17.1. The van der Waals surface area contributed by atoms with E-state index >= 15 is 0 Å². The molecule has 138 valence electrons. The highest BCUT2D eigenvalue weighted by atomic mass is 16.5. The molecule has 0 spiro atoms. The van der Waals surface area contributed by atoms with E-state index in [0.717, 1.165) is 38.3 Å². The summed E-state index contributed by atoms with van der Waals surface area (Å²) in [5, 5.41) is 13.1. The number of para-hydroxylation sites is 1. The van der Waals surface area contributed by atoms with Gasteiger partial charge in [0.15, 0.2) is 0 Å². The van der Waals surface area contributed by atoms with Crippen molar-refractivity contribution in [2.45, 2.75) is 0 Å². The number of carbonyl (C=O) groups is 1. The first-order valence-electron chi connectivity index (χ1n) is 8.93. The number of pyridine rings is 1. The molecule has 1 N–H and O–H groups in total. The van der Waals surface area contributed by atoms with Crippen LogP contribution in [0.15, 0.2) is 77.1 Å². The molecule has 2 aromatic carbocycles. The number of benzene rings is 2. The zero-order valence-electron chi connectivity index (χ0n) is 15.2. The molecule has 0 unspecified atom stereocenters. The lowest BCUT2D eigenvalue weighted by molar-refractivity contribution is -0.112. The van der Waals surface area contributed by atoms with Gasteiger partial charge in [0.1, 0.15) is 11.2 Å². The molecule has 2 aromatic heterocycles. The molecule has 0 atom stereocenters. The number of furan rings is 1. The van der Waals surface area contributed by atoms with Crippen LogP contribution >= 0.6 is 0 Å². The van der Waals surface area contributed by atoms with E-state index < -0.39 is 0 Å². The quantitative estimate of drug-likeness (QED) is 0.550. The number of fused-ring (bicyclic) bond motifs is 3. The van der Waals surface area contributed by atoms with Gasteiger partial charge in [0.25, 0.3) is 5.91 Å². The van der Waals surface area contributed by atoms with Gasteiger partial charge in [0.2, 0.25) is 0 Å². The highest BCUT2D eigenvalue weighted by molar-refractivity contribution is 6.30. The molecule has 0 saturated heterocycles. The Balaban J connectivity index is 1.66. The zero-order valence-corrected chi connectivity index (χ0v) is 15.2. The molecular weight excluding hydrogens is 354 g/mol. The third-order valence-electron chi connectivity index (χ3n) is 5.09. The molecule has 5 rings (SSSR count). The fraction of sp³-hybridized carbons (Fsp3) is 0.0909. The summed E-state index contributed by atoms with van der Waals surface area (Å²) >= 11 is 0. The van der Waals surface area contributed by atoms with Gasteiger partial charge in [-0.05, 0) is 35.9 Å². The Hall–Kier alpha value is -3.64. The van der Waals surface area contributed by atoms with Crippen LogP contribution in [-0.2, 0) is 4.79 Å². The minimum atomic E-state index is -0.158. The van der Waals surface area contributed by atoms with Crippen molar-refractivity contribution in [1.29, 1.82) is 0 Å². The van der Waals surface area contributed by atoms with Gasteiger partial charge in [-0.3, -0.25) is 20.0 Å². The van der Waals surface area contributed by atoms with E-state index in [4.69, 9.17) is 4.42 Å². The fourth-order valence-electron chi connectivity index (χ4n) is 3.73. The number of hydrogen-bond acceptors (Lipinski definition) is 5. The maximum absolute atomic E-state index is 13.2. The monoisotopic (exact) mass is 371 g/mol. The number of amides is 1. The van der Waals surface area contributed by atoms with Crippen LogP contribution in [0.1, 0.15) is 5.56 Å². The van der Waals surface area contributed by atoms with Gasteiger partial charge in [0, 0.05) is 35.9 Å². The van der Waals surface area contributed by atoms with Crippen molar-refractivity contribution in [2.24, 2.45) is 0 Å². The number of nitrogens with zero attached hydrogens (tertiary/aromatic N) is 3. The van der Waals surface area contributed by atoms with Crippen molar-refractivity contribution in [1.82, 2.24) is 10.0 Å². The molecule has 6 nitrogen and oxygen atoms in total. The van der Waals surface area contributed by atoms with E-state index in [1.54, 1.807) is 29.4 Å². The molecule has 0 aliphatic carbocycles. The standard InChI is InChI=1S/C22H17N3O3/c1-24(27)18-13-25(15-8-10-23-11-9-15)22(26)21(18)14-6-7-20-17(12-14)16-4-2-3-5-19(16)28-20/h2-12,27H,13H2,1H3. The number of rotatable bonds is 3. The zero-order chi connectivity index (χ0) is 19.3. The maximum Gasteiger partial charge on any atom is 0.261 e. The number of likely N-dealkylation sites (N-methyl/N-ethyl adjacent to an activating group) is 1. The largest absolute Gasteiger partial charge is 0.456 e. The van der Waals surface area contributed by atoms with Crippen LogP contribution in [0.3, 0.4) is 0 Å². The minimum Gasteiger partial charge on any atom is -0.456 e. The predicted octanol–water partition coefficient (Wildman–Crippen LogP) is 4.06. The van der Waals surface area contributed by atoms with Crippen molar-refractivity contribution < 1.29 is 14.4 Å². The van der Waals surface area contributed by atoms with Gasteiger partial charge >= 0.3 is 0 Å². The second kappa shape index (κ2) is 6.21. The van der Waals surface area contributed by atoms with Crippen LogP contribution < -0.4 is 4.90 Å². The first kappa shape index (κ1) is 16.5. The molecule has 3 heterocycles. The lowest BCUT2D eigenvalue weighted by Crippen LogP contribution is -2.27. The summed E-state index contributed by atoms with van der Waals surface area (Å²) in [5.41, 5.74) is 4.09. The van der Waals surface area contributed by atoms with Gasteiger partial charge in [-0.25, -0.2) is 0 Å². The summed E-state index contributed by atoms with van der Waals surface area (Å²) in [5.74, 6) is -0.158. The number of anilines is 1. The molecule has 6 heteroatoms. The van der Waals surface area contributed by atoms with E-state index in [0.29, 0.717) is 11.3 Å². The molecule has 1 amide bonds. The van der Waals surface area contributed by atoms with Crippen molar-refractivity contribution in [3.63, 3.8) is 0 Å². The van der Waals surface area contributed by atoms with Crippen LogP contribution in [0.4, 0.5) is 5.69 Å². The average Bonchev–Trinajstić information content (AvgIpc) is 3.26. The van der Waals surface area contributed by atoms with Gasteiger partial charge in [-0.2, -0.15) is 0 Å². The molecule has 0 radical (unpaired) electrons. The Labute approximate surface area is 160 Å². The van der Waals surface area contributed by atoms with Crippen molar-refractivity contribution in [2.75, 3.05) is 18.5 Å². The van der Waals surface area contributed by atoms with E-state index in [1.165, 1.54) is 7.05 Å². The highest BCUT2D eigenvalue weighted by Gasteiger charge is 2.34. The van der Waals surface area contributed by atoms with E-state index in [1.807, 2.05) is 42.5 Å². The number of aromatic nitrogens is 1. The smallest absolute Gasteiger partial charge is 0.261 e. The summed E-state index contributed by atoms with van der Waals surface area (Å²) in [4.78, 5) is 18.9. The molecule has 4 aromatic rings. The number of carbonyl (C=O) groups excluding carboxylic acids is 1. The Kier molecular flexibility index (Phi) is 3.67. The number of hydrogen-bond donors (Lipinski definition) is 1. The van der Waals surface area contributed by atoms with Crippen molar-refractivity contribution in [3.05, 3.63) is 78.3 Å². The normalized spacial score (nSPS) is 14.5. The fourth-order valence-corrected chi connectivity index (χ4v) is 3.73. The van der Waals surface area contributed by atoms with Gasteiger partial charge in [-0.1, -0.05) is 24.3 Å². The summed E-state index contributed by atoms with van der Waals surface area (Å²) in [6.45, 7) is 0.287. The molecular formula is C22H17N3O3. The van der Waals surface area contributed by atoms with E-state index in [9.17, 15) is 10.0 Å². The van der Waals surface area contributed by atoms with E-state index in [2.05, 4.69) is 4.98 Å². The number of hydroxylamine groups is 2. The van der Waals surface area contributed by atoms with Gasteiger partial charge in [0.05, 0.1) is 17.8 Å². The Morgan fingerprint density at radius 2 is 1.79 bits per heavy atom. The third-order valence-corrected chi connectivity index (χ3v) is 5.09. The predicted molar refractivity (Wildman–Crippen MR) is 107 cm³/mol. The maximum atomic E-state index is 13.2. The van der Waals surface area contributed by atoms with E-state index in [-0.39, 0.29) is 12.5 Å². The van der Waals surface area contributed by atoms with Crippen LogP contribution in [0.2, 0.25) is 0 Å². The Bertz CT molecular complexity index is 1240. The summed E-state index contributed by atoms with van der Waals surface area (Å²) in [6.07, 6.45) is 3.29. The molecule has 0 bridgehead atoms. The minimum absolute atomic E-state index is 0.158. The first-order valence-corrected chi connectivity index (χ1v) is 8.93. The molecule has 1 aliphatic heterocycles. The summed E-state index contributed by atoms with van der Waals surface area (Å²) < 4.78 is 5.88. The van der Waals surface area contributed by atoms with Crippen LogP contribution in [0, 0.1) is 0 Å². The molecule has 0 saturated carbocycles. The van der Waals surface area contributed by atoms with Gasteiger partial charge < -0.3 is 9.32 Å². The second-order valence-corrected chi connectivity index (χ2v) is 6.75. The van der Waals surface area contributed by atoms with Crippen LogP contribution in [0.25, 0.3) is 27.5 Å². The SMILES string of the molecule is CN(O)C1=C(c2ccc3oc4ccccc4c3c2)C(=O)N(c2ccncc2)C1. The van der Waals surface area contributed by atoms with Crippen molar-refractivity contribution in [3.8, 4) is 0 Å². The third kappa shape index (κ3) is 2.46. The van der Waals surface area contributed by atoms with Crippen LogP contribution in [-0.4, -0.2) is 34.8 Å². The highest BCUT2D eigenvalue weighted by Crippen LogP contribution is 2.36. The molecule has 28 heavy (non-hydrogen) atoms. The lowest BCUT2D eigenvalue weighted by Gasteiger charge is -2.17. The summed E-state index contributed by atoms with van der Waals surface area (Å²) in [7, 11) is 1.53. The Morgan fingerprint density at radius 3 is 2.57 bits per heavy atom. The second-order valence-electron chi connectivity index (χ2n) is 6.75. The molecule has 1 aliphatic rings. The first-order chi connectivity index (χ1) is 13.6. The molecule has 0 fully saturated rings. The van der Waals surface area contributed by atoms with Crippen LogP contribution in [0.5, 0.6) is 0 Å². The average molecular weight is 371 g/mol.